The van der Waals surface area contributed by atoms with Gasteiger partial charge < -0.3 is 10.7 Å². The first-order valence-corrected chi connectivity index (χ1v) is 8.35. The van der Waals surface area contributed by atoms with Gasteiger partial charge in [0.05, 0.1) is 10.9 Å². The Hall–Kier alpha value is -3.13. The maximum Gasteiger partial charge on any atom is 0.163 e. The lowest BCUT2D eigenvalue weighted by Crippen LogP contribution is -2.03. The number of carbonyl (C=O) groups excluding carboxylic acids is 1. The lowest BCUT2D eigenvalue weighted by atomic mass is 9.98. The van der Waals surface area contributed by atoms with Crippen molar-refractivity contribution in [2.45, 2.75) is 26.2 Å². The van der Waals surface area contributed by atoms with Crippen LogP contribution in [0.2, 0.25) is 0 Å². The number of Topliss-reactive ketones (excluding diaryl/α,β-unsaturated/α-hetero) is 1. The molecule has 5 heteroatoms. The number of aromatic amines is 1. The maximum absolute atomic E-state index is 12.4. The van der Waals surface area contributed by atoms with Crippen LogP contribution in [0.3, 0.4) is 0 Å². The van der Waals surface area contributed by atoms with Gasteiger partial charge in [-0.15, -0.1) is 0 Å². The summed E-state index contributed by atoms with van der Waals surface area (Å²) in [6.07, 6.45) is 6.19. The van der Waals surface area contributed by atoms with Crippen LogP contribution in [-0.2, 0) is 0 Å². The molecule has 0 atom stereocenters. The second-order valence-corrected chi connectivity index (χ2v) is 6.54. The Morgan fingerprint density at radius 2 is 2.16 bits per heavy atom. The molecule has 4 rings (SSSR count). The summed E-state index contributed by atoms with van der Waals surface area (Å²) in [6.45, 7) is 1.97. The number of aryl methyl sites for hydroxylation is 1. The molecular weight excluding hydrogens is 312 g/mol. The zero-order valence-corrected chi connectivity index (χ0v) is 14.0. The zero-order chi connectivity index (χ0) is 17.4. The number of fused-ring (bicyclic) bond motifs is 1. The second kappa shape index (κ2) is 6.06. The summed E-state index contributed by atoms with van der Waals surface area (Å²) in [5.41, 5.74) is 9.93. The number of nitrogens with two attached hydrogens (primary N) is 1. The lowest BCUT2D eigenvalue weighted by molar-refractivity contribution is 0.0975. The van der Waals surface area contributed by atoms with Gasteiger partial charge in [0, 0.05) is 23.7 Å². The molecule has 1 aliphatic carbocycles. The molecule has 0 spiro atoms. The Morgan fingerprint density at radius 3 is 2.96 bits per heavy atom. The third-order valence-corrected chi connectivity index (χ3v) is 4.55. The number of hydrogen-bond acceptors (Lipinski definition) is 4. The minimum Gasteiger partial charge on any atom is -0.383 e. The van der Waals surface area contributed by atoms with Crippen LogP contribution in [0.15, 0.2) is 30.7 Å². The standard InChI is InChI=1S/C20H18N4O/c1-12-2-3-13(8-16(12)17(25)9-14-4-5-14)6-7-15-10-22-20-18(15)19(21)23-11-24-20/h2-3,8,10-11,14H,4-5,9H2,1H3,(H3,21,22,23,24). The Labute approximate surface area is 145 Å². The molecule has 2 aromatic heterocycles. The molecule has 1 aliphatic rings. The predicted octanol–water partition coefficient (Wildman–Crippen LogP) is 3.23. The predicted molar refractivity (Wildman–Crippen MR) is 97.1 cm³/mol. The van der Waals surface area contributed by atoms with E-state index in [1.54, 1.807) is 6.20 Å². The van der Waals surface area contributed by atoms with Crippen LogP contribution in [0.1, 0.15) is 46.3 Å². The number of hydrogen-bond donors (Lipinski definition) is 2. The normalized spacial score (nSPS) is 13.5. The first-order valence-electron chi connectivity index (χ1n) is 8.35. The molecule has 3 N–H and O–H groups in total. The molecule has 0 aliphatic heterocycles. The number of H-pyrrole nitrogens is 1. The number of nitrogens with one attached hydrogen (secondary N) is 1. The van der Waals surface area contributed by atoms with Gasteiger partial charge in [0.2, 0.25) is 0 Å². The molecule has 1 aromatic carbocycles. The van der Waals surface area contributed by atoms with Crippen LogP contribution < -0.4 is 5.73 Å². The van der Waals surface area contributed by atoms with Crippen LogP contribution in [0, 0.1) is 24.7 Å². The highest BCUT2D eigenvalue weighted by Crippen LogP contribution is 2.34. The number of benzene rings is 1. The molecule has 3 aromatic rings. The Bertz CT molecular complexity index is 1030. The maximum atomic E-state index is 12.4. The summed E-state index contributed by atoms with van der Waals surface area (Å²) < 4.78 is 0. The third kappa shape index (κ3) is 3.11. The van der Waals surface area contributed by atoms with Crippen LogP contribution in [0.4, 0.5) is 5.82 Å². The second-order valence-electron chi connectivity index (χ2n) is 6.54. The summed E-state index contributed by atoms with van der Waals surface area (Å²) >= 11 is 0. The summed E-state index contributed by atoms with van der Waals surface area (Å²) in [4.78, 5) is 23.6. The number of nitrogen functional groups attached to an aromatic ring is 1. The van der Waals surface area contributed by atoms with Crippen molar-refractivity contribution in [3.8, 4) is 11.8 Å². The Morgan fingerprint density at radius 1 is 1.32 bits per heavy atom. The van der Waals surface area contributed by atoms with E-state index in [-0.39, 0.29) is 5.78 Å². The van der Waals surface area contributed by atoms with Crippen molar-refractivity contribution in [2.24, 2.45) is 5.92 Å². The van der Waals surface area contributed by atoms with Crippen molar-refractivity contribution in [2.75, 3.05) is 5.73 Å². The lowest BCUT2D eigenvalue weighted by Gasteiger charge is -2.05. The van der Waals surface area contributed by atoms with E-state index in [0.29, 0.717) is 23.8 Å². The molecule has 0 saturated heterocycles. The van der Waals surface area contributed by atoms with E-state index in [0.717, 1.165) is 27.6 Å². The summed E-state index contributed by atoms with van der Waals surface area (Å²) in [5.74, 6) is 7.43. The Kier molecular flexibility index (Phi) is 3.73. The van der Waals surface area contributed by atoms with Gasteiger partial charge in [-0.3, -0.25) is 4.79 Å². The molecule has 124 valence electrons. The largest absolute Gasteiger partial charge is 0.383 e. The molecular formula is C20H18N4O. The molecule has 2 heterocycles. The first kappa shape index (κ1) is 15.4. The molecule has 0 bridgehead atoms. The van der Waals surface area contributed by atoms with E-state index in [2.05, 4.69) is 26.8 Å². The van der Waals surface area contributed by atoms with Crippen molar-refractivity contribution in [1.82, 2.24) is 15.0 Å². The molecule has 1 fully saturated rings. The van der Waals surface area contributed by atoms with Gasteiger partial charge in [-0.2, -0.15) is 0 Å². The van der Waals surface area contributed by atoms with Crippen LogP contribution in [0.5, 0.6) is 0 Å². The van der Waals surface area contributed by atoms with Gasteiger partial charge >= 0.3 is 0 Å². The van der Waals surface area contributed by atoms with E-state index in [1.807, 2.05) is 25.1 Å². The number of nitrogens with zero attached hydrogens (tertiary/aromatic N) is 2. The van der Waals surface area contributed by atoms with Crippen molar-refractivity contribution in [1.29, 1.82) is 0 Å². The summed E-state index contributed by atoms with van der Waals surface area (Å²) in [7, 11) is 0. The van der Waals surface area contributed by atoms with E-state index in [9.17, 15) is 4.79 Å². The molecule has 1 saturated carbocycles. The Balaban J connectivity index is 1.67. The highest BCUT2D eigenvalue weighted by molar-refractivity contribution is 5.98. The number of anilines is 1. The van der Waals surface area contributed by atoms with E-state index in [1.165, 1.54) is 19.2 Å². The minimum atomic E-state index is 0.216. The first-order chi connectivity index (χ1) is 12.1. The van der Waals surface area contributed by atoms with E-state index >= 15 is 0 Å². The fraction of sp³-hybridized carbons (Fsp3) is 0.250. The van der Waals surface area contributed by atoms with Crippen molar-refractivity contribution in [3.05, 3.63) is 53.0 Å². The summed E-state index contributed by atoms with van der Waals surface area (Å²) in [5, 5.41) is 0.729. The average Bonchev–Trinajstić information content (AvgIpc) is 3.31. The van der Waals surface area contributed by atoms with Crippen LogP contribution >= 0.6 is 0 Å². The van der Waals surface area contributed by atoms with E-state index in [4.69, 9.17) is 5.73 Å². The van der Waals surface area contributed by atoms with Crippen molar-refractivity contribution < 1.29 is 4.79 Å². The SMILES string of the molecule is Cc1ccc(C#Cc2c[nH]c3ncnc(N)c23)cc1C(=O)CC1CC1. The third-order valence-electron chi connectivity index (χ3n) is 4.55. The van der Waals surface area contributed by atoms with Gasteiger partial charge in [0.25, 0.3) is 0 Å². The molecule has 0 unspecified atom stereocenters. The van der Waals surface area contributed by atoms with Gasteiger partial charge in [0.15, 0.2) is 5.78 Å². The van der Waals surface area contributed by atoms with Crippen molar-refractivity contribution >= 4 is 22.6 Å². The van der Waals surface area contributed by atoms with Gasteiger partial charge in [0.1, 0.15) is 17.8 Å². The molecule has 0 radical (unpaired) electrons. The van der Waals surface area contributed by atoms with Crippen LogP contribution in [-0.4, -0.2) is 20.7 Å². The zero-order valence-electron chi connectivity index (χ0n) is 14.0. The number of ketones is 1. The number of rotatable bonds is 3. The van der Waals surface area contributed by atoms with Crippen molar-refractivity contribution in [3.63, 3.8) is 0 Å². The van der Waals surface area contributed by atoms with Gasteiger partial charge in [-0.1, -0.05) is 17.9 Å². The van der Waals surface area contributed by atoms with Gasteiger partial charge in [-0.05, 0) is 43.4 Å². The topological polar surface area (TPSA) is 84.7 Å². The number of aromatic nitrogens is 3. The summed E-state index contributed by atoms with van der Waals surface area (Å²) in [6, 6.07) is 5.78. The average molecular weight is 330 g/mol. The highest BCUT2D eigenvalue weighted by atomic mass is 16.1. The number of carbonyl (C=O) groups is 1. The fourth-order valence-corrected chi connectivity index (χ4v) is 2.92. The molecule has 25 heavy (non-hydrogen) atoms. The fourth-order valence-electron chi connectivity index (χ4n) is 2.92. The van der Waals surface area contributed by atoms with Crippen LogP contribution in [0.25, 0.3) is 11.0 Å². The molecule has 0 amide bonds. The van der Waals surface area contributed by atoms with Gasteiger partial charge in [-0.25, -0.2) is 9.97 Å². The monoisotopic (exact) mass is 330 g/mol. The quantitative estimate of drug-likeness (QED) is 0.570. The van der Waals surface area contributed by atoms with E-state index < -0.39 is 0 Å². The highest BCUT2D eigenvalue weighted by Gasteiger charge is 2.25. The molecule has 5 nitrogen and oxygen atoms in total. The minimum absolute atomic E-state index is 0.216. The smallest absolute Gasteiger partial charge is 0.163 e.